The highest BCUT2D eigenvalue weighted by Crippen LogP contribution is 2.23. The second-order valence-electron chi connectivity index (χ2n) is 6.70. The smallest absolute Gasteiger partial charge is 0.253 e. The molecule has 2 N–H and O–H groups in total. The van der Waals surface area contributed by atoms with E-state index in [1.54, 1.807) is 29.2 Å². The minimum atomic E-state index is -0.128. The molecule has 27 heavy (non-hydrogen) atoms. The van der Waals surface area contributed by atoms with E-state index in [-0.39, 0.29) is 18.4 Å². The average molecular weight is 367 g/mol. The maximum Gasteiger partial charge on any atom is 0.253 e. The molecule has 0 aliphatic carbocycles. The Labute approximate surface area is 161 Å². The Kier molecular flexibility index (Phi) is 7.41. The summed E-state index contributed by atoms with van der Waals surface area (Å²) in [5.41, 5.74) is 3.46. The van der Waals surface area contributed by atoms with Crippen LogP contribution in [0.25, 0.3) is 0 Å². The Morgan fingerprint density at radius 2 is 1.59 bits per heavy atom. The van der Waals surface area contributed by atoms with Gasteiger partial charge in [0.15, 0.2) is 0 Å². The number of benzene rings is 2. The van der Waals surface area contributed by atoms with Crippen LogP contribution in [-0.2, 0) is 4.79 Å². The molecule has 2 aromatic rings. The lowest BCUT2D eigenvalue weighted by molar-refractivity contribution is -0.114. The van der Waals surface area contributed by atoms with Crippen LogP contribution in [-0.4, -0.2) is 36.3 Å². The van der Waals surface area contributed by atoms with Crippen LogP contribution < -0.4 is 10.6 Å². The summed E-state index contributed by atoms with van der Waals surface area (Å²) >= 11 is 0. The lowest BCUT2D eigenvalue weighted by Crippen LogP contribution is -2.30. The van der Waals surface area contributed by atoms with E-state index in [1.807, 2.05) is 32.0 Å². The number of nitrogens with one attached hydrogen (secondary N) is 2. The van der Waals surface area contributed by atoms with Crippen molar-refractivity contribution in [3.05, 3.63) is 59.7 Å². The average Bonchev–Trinajstić information content (AvgIpc) is 2.68. The van der Waals surface area contributed by atoms with Crippen molar-refractivity contribution >= 4 is 23.2 Å². The normalized spacial score (nSPS) is 10.6. The van der Waals surface area contributed by atoms with E-state index >= 15 is 0 Å². The first kappa shape index (κ1) is 20.5. The molecule has 5 nitrogen and oxygen atoms in total. The quantitative estimate of drug-likeness (QED) is 0.729. The molecule has 2 amide bonds. The summed E-state index contributed by atoms with van der Waals surface area (Å²) in [5, 5.41) is 6.06. The molecule has 2 rings (SSSR count). The van der Waals surface area contributed by atoms with E-state index in [0.29, 0.717) is 30.3 Å². The van der Waals surface area contributed by atoms with Crippen LogP contribution in [0.15, 0.2) is 48.5 Å². The summed E-state index contributed by atoms with van der Waals surface area (Å²) in [7, 11) is 0. The number of hydrogen-bond acceptors (Lipinski definition) is 3. The summed E-state index contributed by atoms with van der Waals surface area (Å²) in [6.07, 6.45) is 0. The van der Waals surface area contributed by atoms with Gasteiger partial charge in [-0.15, -0.1) is 0 Å². The van der Waals surface area contributed by atoms with Crippen molar-refractivity contribution in [3.63, 3.8) is 0 Å². The van der Waals surface area contributed by atoms with E-state index < -0.39 is 0 Å². The minimum absolute atomic E-state index is 0.00448. The monoisotopic (exact) mass is 367 g/mol. The number of amides is 2. The van der Waals surface area contributed by atoms with Gasteiger partial charge in [0.2, 0.25) is 5.91 Å². The number of carbonyl (C=O) groups is 2. The summed E-state index contributed by atoms with van der Waals surface area (Å²) in [5.74, 6) is 0.258. The van der Waals surface area contributed by atoms with Crippen LogP contribution >= 0.6 is 0 Å². The maximum atomic E-state index is 12.3. The van der Waals surface area contributed by atoms with Crippen LogP contribution in [0.1, 0.15) is 49.5 Å². The number of para-hydroxylation sites is 1. The zero-order valence-corrected chi connectivity index (χ0v) is 16.6. The van der Waals surface area contributed by atoms with Crippen molar-refractivity contribution < 1.29 is 9.59 Å². The summed E-state index contributed by atoms with van der Waals surface area (Å²) in [4.78, 5) is 26.3. The molecule has 0 unspecified atom stereocenters. The Morgan fingerprint density at radius 1 is 0.963 bits per heavy atom. The Hall–Kier alpha value is -2.82. The van der Waals surface area contributed by atoms with Gasteiger partial charge in [-0.05, 0) is 55.7 Å². The lowest BCUT2D eigenvalue weighted by Gasteiger charge is -2.18. The minimum Gasteiger partial charge on any atom is -0.376 e. The standard InChI is InChI=1S/C22H29N3O2/c1-5-25(6-2)22(27)17-11-13-18(14-12-17)24-21(26)15-23-20-10-8-7-9-19(20)16(3)4/h7-14,16,23H,5-6,15H2,1-4H3,(H,24,26). The summed E-state index contributed by atoms with van der Waals surface area (Å²) in [6.45, 7) is 9.71. The molecule has 144 valence electrons. The largest absolute Gasteiger partial charge is 0.376 e. The number of hydrogen-bond donors (Lipinski definition) is 2. The van der Waals surface area contributed by atoms with E-state index in [2.05, 4.69) is 30.5 Å². The zero-order chi connectivity index (χ0) is 19.8. The fourth-order valence-corrected chi connectivity index (χ4v) is 2.93. The predicted molar refractivity (Wildman–Crippen MR) is 111 cm³/mol. The molecule has 0 saturated heterocycles. The fourth-order valence-electron chi connectivity index (χ4n) is 2.93. The highest BCUT2D eigenvalue weighted by atomic mass is 16.2. The summed E-state index contributed by atoms with van der Waals surface area (Å²) in [6, 6.07) is 15.0. The van der Waals surface area contributed by atoms with Gasteiger partial charge in [0.25, 0.3) is 5.91 Å². The second kappa shape index (κ2) is 9.76. The van der Waals surface area contributed by atoms with Crippen molar-refractivity contribution in [1.29, 1.82) is 0 Å². The fraction of sp³-hybridized carbons (Fsp3) is 0.364. The van der Waals surface area contributed by atoms with Gasteiger partial charge in [-0.25, -0.2) is 0 Å². The number of carbonyl (C=O) groups excluding carboxylic acids is 2. The lowest BCUT2D eigenvalue weighted by atomic mass is 10.0. The van der Waals surface area contributed by atoms with Gasteiger partial charge in [-0.2, -0.15) is 0 Å². The molecule has 0 aliphatic rings. The van der Waals surface area contributed by atoms with Crippen molar-refractivity contribution in [2.24, 2.45) is 0 Å². The second-order valence-corrected chi connectivity index (χ2v) is 6.70. The van der Waals surface area contributed by atoms with Crippen molar-refractivity contribution in [2.45, 2.75) is 33.6 Å². The van der Waals surface area contributed by atoms with Crippen LogP contribution in [0.5, 0.6) is 0 Å². The highest BCUT2D eigenvalue weighted by Gasteiger charge is 2.12. The van der Waals surface area contributed by atoms with Crippen LogP contribution in [0, 0.1) is 0 Å². The molecule has 2 aromatic carbocycles. The molecular weight excluding hydrogens is 338 g/mol. The molecule has 0 aromatic heterocycles. The molecule has 0 spiro atoms. The Bertz CT molecular complexity index is 765. The number of nitrogens with zero attached hydrogens (tertiary/aromatic N) is 1. The maximum absolute atomic E-state index is 12.3. The first-order valence-corrected chi connectivity index (χ1v) is 9.48. The van der Waals surface area contributed by atoms with Crippen molar-refractivity contribution in [1.82, 2.24) is 4.90 Å². The molecular formula is C22H29N3O2. The third-order valence-corrected chi connectivity index (χ3v) is 4.49. The van der Waals surface area contributed by atoms with Gasteiger partial charge < -0.3 is 15.5 Å². The first-order valence-electron chi connectivity index (χ1n) is 9.48. The van der Waals surface area contributed by atoms with Gasteiger partial charge >= 0.3 is 0 Å². The molecule has 0 fully saturated rings. The molecule has 0 heterocycles. The molecule has 5 heteroatoms. The van der Waals surface area contributed by atoms with Gasteiger partial charge in [0.05, 0.1) is 6.54 Å². The molecule has 0 atom stereocenters. The Morgan fingerprint density at radius 3 is 2.19 bits per heavy atom. The molecule has 0 radical (unpaired) electrons. The SMILES string of the molecule is CCN(CC)C(=O)c1ccc(NC(=O)CNc2ccccc2C(C)C)cc1. The van der Waals surface area contributed by atoms with Crippen LogP contribution in [0.2, 0.25) is 0 Å². The van der Waals surface area contributed by atoms with E-state index in [9.17, 15) is 9.59 Å². The van der Waals surface area contributed by atoms with Crippen molar-refractivity contribution in [2.75, 3.05) is 30.3 Å². The van der Waals surface area contributed by atoms with Crippen molar-refractivity contribution in [3.8, 4) is 0 Å². The van der Waals surface area contributed by atoms with Gasteiger partial charge in [-0.3, -0.25) is 9.59 Å². The van der Waals surface area contributed by atoms with Gasteiger partial charge in [-0.1, -0.05) is 32.0 Å². The third-order valence-electron chi connectivity index (χ3n) is 4.49. The van der Waals surface area contributed by atoms with E-state index in [1.165, 1.54) is 5.56 Å². The van der Waals surface area contributed by atoms with E-state index in [0.717, 1.165) is 5.69 Å². The van der Waals surface area contributed by atoms with Gasteiger partial charge in [0.1, 0.15) is 0 Å². The zero-order valence-electron chi connectivity index (χ0n) is 16.6. The number of anilines is 2. The van der Waals surface area contributed by atoms with Crippen LogP contribution in [0.4, 0.5) is 11.4 Å². The highest BCUT2D eigenvalue weighted by molar-refractivity contribution is 5.96. The first-order chi connectivity index (χ1) is 13.0. The predicted octanol–water partition coefficient (Wildman–Crippen LogP) is 4.34. The third kappa shape index (κ3) is 5.58. The van der Waals surface area contributed by atoms with Crippen LogP contribution in [0.3, 0.4) is 0 Å². The molecule has 0 aliphatic heterocycles. The van der Waals surface area contributed by atoms with Gasteiger partial charge in [0, 0.05) is 30.0 Å². The summed E-state index contributed by atoms with van der Waals surface area (Å²) < 4.78 is 0. The number of rotatable bonds is 8. The Balaban J connectivity index is 1.94. The molecule has 0 bridgehead atoms. The molecule has 0 saturated carbocycles. The topological polar surface area (TPSA) is 61.4 Å². The van der Waals surface area contributed by atoms with E-state index in [4.69, 9.17) is 0 Å².